The fourth-order valence-corrected chi connectivity index (χ4v) is 4.31. The number of amides is 1. The van der Waals surface area contributed by atoms with Gasteiger partial charge in [-0.05, 0) is 32.9 Å². The van der Waals surface area contributed by atoms with Crippen LogP contribution in [0, 0.1) is 0 Å². The maximum absolute atomic E-state index is 13.1. The fourth-order valence-electron chi connectivity index (χ4n) is 3.29. The van der Waals surface area contributed by atoms with Crippen LogP contribution in [0.1, 0.15) is 31.1 Å². The number of ether oxygens (including phenoxy) is 5. The summed E-state index contributed by atoms with van der Waals surface area (Å²) in [6, 6.07) is 7.09. The zero-order chi connectivity index (χ0) is 22.0. The van der Waals surface area contributed by atoms with Gasteiger partial charge in [-0.1, -0.05) is 11.3 Å². The van der Waals surface area contributed by atoms with E-state index in [1.807, 2.05) is 44.5 Å². The molecule has 31 heavy (non-hydrogen) atoms. The molecule has 1 aromatic heterocycles. The summed E-state index contributed by atoms with van der Waals surface area (Å²) in [6.07, 6.45) is 0. The molecule has 0 saturated heterocycles. The van der Waals surface area contributed by atoms with Crippen molar-refractivity contribution in [3.8, 4) is 28.7 Å². The van der Waals surface area contributed by atoms with Crippen LogP contribution in [-0.4, -0.2) is 37.1 Å². The molecule has 164 valence electrons. The lowest BCUT2D eigenvalue weighted by atomic mass is 10.1. The lowest BCUT2D eigenvalue weighted by Gasteiger charge is -2.16. The molecule has 0 bridgehead atoms. The number of carbonyl (C=O) groups is 1. The summed E-state index contributed by atoms with van der Waals surface area (Å²) >= 11 is 1.41. The van der Waals surface area contributed by atoms with Gasteiger partial charge in [0.05, 0.1) is 30.0 Å². The van der Waals surface area contributed by atoms with Crippen molar-refractivity contribution in [2.75, 3.05) is 26.6 Å². The first-order valence-electron chi connectivity index (χ1n) is 10.1. The van der Waals surface area contributed by atoms with Gasteiger partial charge in [-0.2, -0.15) is 4.99 Å². The molecule has 1 aliphatic heterocycles. The van der Waals surface area contributed by atoms with Gasteiger partial charge in [-0.15, -0.1) is 0 Å². The standard InChI is InChI=1S/C22H24N2O6S/c1-5-26-17-8-13(9-18(27-6-2)20(17)28-7-3)21(25)23-22-24(4)14-10-15-16(30-12-29-15)11-19(14)31-22/h8-11H,5-7,12H2,1-4H3. The van der Waals surface area contributed by atoms with E-state index in [1.54, 1.807) is 12.1 Å². The first-order chi connectivity index (χ1) is 15.0. The number of nitrogens with zero attached hydrogens (tertiary/aromatic N) is 2. The number of fused-ring (bicyclic) bond motifs is 2. The second-order valence-electron chi connectivity index (χ2n) is 6.63. The van der Waals surface area contributed by atoms with Gasteiger partial charge in [0.2, 0.25) is 12.5 Å². The zero-order valence-electron chi connectivity index (χ0n) is 17.9. The number of aromatic nitrogens is 1. The van der Waals surface area contributed by atoms with Crippen molar-refractivity contribution in [2.45, 2.75) is 20.8 Å². The molecule has 0 fully saturated rings. The van der Waals surface area contributed by atoms with Crippen LogP contribution in [0.2, 0.25) is 0 Å². The van der Waals surface area contributed by atoms with Crippen molar-refractivity contribution in [1.29, 1.82) is 0 Å². The highest BCUT2D eigenvalue weighted by Gasteiger charge is 2.20. The van der Waals surface area contributed by atoms with E-state index >= 15 is 0 Å². The van der Waals surface area contributed by atoms with Crippen LogP contribution < -0.4 is 28.5 Å². The third-order valence-corrected chi connectivity index (χ3v) is 5.75. The third kappa shape index (κ3) is 4.05. The van der Waals surface area contributed by atoms with Crippen molar-refractivity contribution in [3.63, 3.8) is 0 Å². The molecule has 0 atom stereocenters. The van der Waals surface area contributed by atoms with Crippen molar-refractivity contribution in [1.82, 2.24) is 4.57 Å². The van der Waals surface area contributed by atoms with E-state index in [2.05, 4.69) is 4.99 Å². The van der Waals surface area contributed by atoms with Gasteiger partial charge in [0.15, 0.2) is 27.8 Å². The summed E-state index contributed by atoms with van der Waals surface area (Å²) < 4.78 is 30.8. The molecule has 2 aromatic carbocycles. The largest absolute Gasteiger partial charge is 0.490 e. The molecule has 0 aliphatic carbocycles. The number of carbonyl (C=O) groups excluding carboxylic acids is 1. The number of thiazole rings is 1. The van der Waals surface area contributed by atoms with Crippen molar-refractivity contribution >= 4 is 27.5 Å². The minimum Gasteiger partial charge on any atom is -0.490 e. The van der Waals surface area contributed by atoms with E-state index in [9.17, 15) is 4.79 Å². The van der Waals surface area contributed by atoms with Crippen molar-refractivity contribution in [3.05, 3.63) is 34.6 Å². The highest BCUT2D eigenvalue weighted by molar-refractivity contribution is 7.16. The molecule has 2 heterocycles. The Morgan fingerprint density at radius 1 is 1.00 bits per heavy atom. The minimum atomic E-state index is -0.396. The lowest BCUT2D eigenvalue weighted by Crippen LogP contribution is -2.13. The Morgan fingerprint density at radius 3 is 2.23 bits per heavy atom. The summed E-state index contributed by atoms with van der Waals surface area (Å²) in [5.74, 6) is 2.40. The first-order valence-corrected chi connectivity index (χ1v) is 10.9. The summed E-state index contributed by atoms with van der Waals surface area (Å²) in [4.78, 5) is 18.0. The van der Waals surface area contributed by atoms with Crippen LogP contribution in [0.4, 0.5) is 0 Å². The van der Waals surface area contributed by atoms with Crippen LogP contribution >= 0.6 is 11.3 Å². The minimum absolute atomic E-state index is 0.216. The van der Waals surface area contributed by atoms with E-state index in [0.29, 0.717) is 58.9 Å². The fraction of sp³-hybridized carbons (Fsp3) is 0.364. The number of hydrogen-bond acceptors (Lipinski definition) is 7. The van der Waals surface area contributed by atoms with E-state index in [4.69, 9.17) is 23.7 Å². The molecule has 3 aromatic rings. The monoisotopic (exact) mass is 444 g/mol. The van der Waals surface area contributed by atoms with Gasteiger partial charge in [-0.3, -0.25) is 4.79 Å². The first kappa shape index (κ1) is 21.0. The number of aryl methyl sites for hydroxylation is 1. The van der Waals surface area contributed by atoms with Gasteiger partial charge in [0.25, 0.3) is 5.91 Å². The van der Waals surface area contributed by atoms with Gasteiger partial charge in [0, 0.05) is 24.7 Å². The molecule has 4 rings (SSSR count). The summed E-state index contributed by atoms with van der Waals surface area (Å²) in [7, 11) is 1.86. The molecule has 8 nitrogen and oxygen atoms in total. The molecule has 0 N–H and O–H groups in total. The number of hydrogen-bond donors (Lipinski definition) is 0. The highest BCUT2D eigenvalue weighted by Crippen LogP contribution is 2.39. The molecule has 1 aliphatic rings. The normalized spacial score (nSPS) is 13.0. The van der Waals surface area contributed by atoms with Gasteiger partial charge >= 0.3 is 0 Å². The second-order valence-corrected chi connectivity index (χ2v) is 7.64. The third-order valence-electron chi connectivity index (χ3n) is 4.66. The lowest BCUT2D eigenvalue weighted by molar-refractivity contribution is 0.0996. The van der Waals surface area contributed by atoms with Gasteiger partial charge < -0.3 is 28.3 Å². The van der Waals surface area contributed by atoms with Gasteiger partial charge in [0.1, 0.15) is 0 Å². The highest BCUT2D eigenvalue weighted by atomic mass is 32.1. The Labute approximate surface area is 183 Å². The number of benzene rings is 2. The van der Waals surface area contributed by atoms with E-state index < -0.39 is 5.91 Å². The molecular formula is C22H24N2O6S. The Hall–Kier alpha value is -3.20. The smallest absolute Gasteiger partial charge is 0.279 e. The van der Waals surface area contributed by atoms with Crippen LogP contribution in [0.25, 0.3) is 10.2 Å². The van der Waals surface area contributed by atoms with Gasteiger partial charge in [-0.25, -0.2) is 0 Å². The molecular weight excluding hydrogens is 420 g/mol. The summed E-state index contributed by atoms with van der Waals surface area (Å²) in [5.41, 5.74) is 1.28. The van der Waals surface area contributed by atoms with Crippen LogP contribution in [0.15, 0.2) is 29.3 Å². The maximum atomic E-state index is 13.1. The SMILES string of the molecule is CCOc1cc(C(=O)N=c2sc3cc4c(cc3n2C)OCO4)cc(OCC)c1OCC. The maximum Gasteiger partial charge on any atom is 0.279 e. The summed E-state index contributed by atoms with van der Waals surface area (Å²) in [5, 5.41) is 0. The Morgan fingerprint density at radius 2 is 1.61 bits per heavy atom. The molecule has 0 unspecified atom stereocenters. The predicted octanol–water partition coefficient (Wildman–Crippen LogP) is 3.91. The van der Waals surface area contributed by atoms with Crippen LogP contribution in [-0.2, 0) is 7.05 Å². The topological polar surface area (TPSA) is 80.5 Å². The predicted molar refractivity (Wildman–Crippen MR) is 117 cm³/mol. The number of rotatable bonds is 7. The van der Waals surface area contributed by atoms with Crippen LogP contribution in [0.5, 0.6) is 28.7 Å². The molecule has 0 spiro atoms. The van der Waals surface area contributed by atoms with E-state index in [-0.39, 0.29) is 6.79 Å². The Kier molecular flexibility index (Phi) is 6.03. The second kappa shape index (κ2) is 8.89. The zero-order valence-corrected chi connectivity index (χ0v) is 18.7. The summed E-state index contributed by atoms with van der Waals surface area (Å²) in [6.45, 7) is 7.16. The Balaban J connectivity index is 1.77. The molecule has 1 amide bonds. The molecule has 0 saturated carbocycles. The van der Waals surface area contributed by atoms with Crippen molar-refractivity contribution < 1.29 is 28.5 Å². The van der Waals surface area contributed by atoms with Crippen molar-refractivity contribution in [2.24, 2.45) is 12.0 Å². The van der Waals surface area contributed by atoms with E-state index in [1.165, 1.54) is 11.3 Å². The quantitative estimate of drug-likeness (QED) is 0.550. The van der Waals surface area contributed by atoms with Crippen LogP contribution in [0.3, 0.4) is 0 Å². The van der Waals surface area contributed by atoms with E-state index in [0.717, 1.165) is 10.2 Å². The molecule has 9 heteroatoms. The average Bonchev–Trinajstić information content (AvgIpc) is 3.33. The Bertz CT molecular complexity index is 1170. The molecule has 0 radical (unpaired) electrons. The average molecular weight is 445 g/mol.